The van der Waals surface area contributed by atoms with Crippen LogP contribution in [-0.2, 0) is 68.9 Å². The number of para-hydroxylation sites is 1. The molecule has 0 heterocycles. The van der Waals surface area contributed by atoms with Crippen LogP contribution in [-0.4, -0.2) is 39.2 Å². The normalized spacial score (nSPS) is 9.92. The highest BCUT2D eigenvalue weighted by Gasteiger charge is 2.12. The number of carbonyl (C=O) groups excluding carboxylic acids is 5. The van der Waals surface area contributed by atoms with Gasteiger partial charge < -0.3 is 17.2 Å². The summed E-state index contributed by atoms with van der Waals surface area (Å²) in [6.07, 6.45) is 3.83. The number of nitrogens with two attached hydrogens (primary N) is 3. The zero-order valence-corrected chi connectivity index (χ0v) is 44.7. The summed E-state index contributed by atoms with van der Waals surface area (Å²) in [5.41, 5.74) is 29.3. The van der Waals surface area contributed by atoms with Crippen LogP contribution < -0.4 is 17.2 Å². The molecule has 8 aromatic rings. The van der Waals surface area contributed by atoms with Crippen molar-refractivity contribution in [2.75, 3.05) is 11.5 Å². The third-order valence-corrected chi connectivity index (χ3v) is 12.0. The number of isocyanates is 1. The summed E-state index contributed by atoms with van der Waals surface area (Å²) >= 11 is 0. The third kappa shape index (κ3) is 23.2. The van der Waals surface area contributed by atoms with Gasteiger partial charge in [0.2, 0.25) is 12.0 Å². The lowest BCUT2D eigenvalue weighted by atomic mass is 9.98. The van der Waals surface area contributed by atoms with E-state index >= 15 is 0 Å². The number of Topliss-reactive ketones (excluding diaryl/α,β-unsaturated/α-hetero) is 3. The van der Waals surface area contributed by atoms with Crippen molar-refractivity contribution >= 4 is 57.8 Å². The van der Waals surface area contributed by atoms with Gasteiger partial charge in [0.05, 0.1) is 22.0 Å². The summed E-state index contributed by atoms with van der Waals surface area (Å²) in [5, 5.41) is 20.9. The van der Waals surface area contributed by atoms with Crippen LogP contribution in [0.2, 0.25) is 0 Å². The third-order valence-electron chi connectivity index (χ3n) is 12.0. The van der Waals surface area contributed by atoms with E-state index in [-0.39, 0.29) is 53.2 Å². The van der Waals surface area contributed by atoms with Gasteiger partial charge in [-0.15, -0.1) is 0 Å². The summed E-state index contributed by atoms with van der Waals surface area (Å²) in [7, 11) is 0. The van der Waals surface area contributed by atoms with E-state index in [1.807, 2.05) is 173 Å². The molecular weight excluding hydrogens is 997 g/mol. The van der Waals surface area contributed by atoms with Crippen molar-refractivity contribution < 1.29 is 33.8 Å². The summed E-state index contributed by atoms with van der Waals surface area (Å²) < 4.78 is 0. The van der Waals surface area contributed by atoms with Crippen molar-refractivity contribution in [2.45, 2.75) is 72.6 Å². The quantitative estimate of drug-likeness (QED) is 0.0254. The van der Waals surface area contributed by atoms with Crippen molar-refractivity contribution in [2.24, 2.45) is 10.7 Å². The number of nitro groups is 2. The number of rotatable bonds is 17. The highest BCUT2D eigenvalue weighted by molar-refractivity contribution is 5.85. The number of hydrogen-bond acceptors (Lipinski definition) is 12. The molecule has 0 atom stereocenters. The zero-order chi connectivity index (χ0) is 57.7. The van der Waals surface area contributed by atoms with Gasteiger partial charge in [-0.05, 0) is 113 Å². The molecule has 1 amide bonds. The van der Waals surface area contributed by atoms with Crippen LogP contribution in [0.5, 0.6) is 0 Å². The van der Waals surface area contributed by atoms with Gasteiger partial charge in [0.25, 0.3) is 11.4 Å². The Kier molecular flexibility index (Phi) is 25.3. The standard InChI is InChI=1S/C18H19NO2.C16H15NO3.C16H17NO.C7H4N2O3.C7H9N/c1-13-5-2-3-8-16(13)12-17(20)10-14-6-4-7-15(9-14)11-18(19)21;1-12-5-2-3-7-14(12)11-16(18)10-13-6-4-8-15(9-13)17(19)20;1-12-5-2-3-7-14(12)11-16(18)10-13-6-4-8-15(17)9-13;10-5-8-6-2-1-3-7(4-6)9(11)12;1-6-4-2-3-5-7(6)8/h2-9H,10-12H2,1H3,(H2,19,21);2-9H,10-11H2,1H3;2-9H,10-11,17H2,1H3;1-4H;2-5H,8H2,1H3. The number of benzene rings is 8. The van der Waals surface area contributed by atoms with Crippen LogP contribution in [0.1, 0.15) is 61.2 Å². The average Bonchev–Trinajstić information content (AvgIpc) is 3.40. The molecule has 0 fully saturated rings. The number of non-ortho nitro benzene ring substituents is 2. The van der Waals surface area contributed by atoms with Crippen LogP contribution in [0.25, 0.3) is 0 Å². The van der Waals surface area contributed by atoms with Crippen molar-refractivity contribution in [1.82, 2.24) is 0 Å². The highest BCUT2D eigenvalue weighted by Crippen LogP contribution is 2.20. The van der Waals surface area contributed by atoms with Gasteiger partial charge in [-0.1, -0.05) is 146 Å². The number of nitrogens with zero attached hydrogens (tertiary/aromatic N) is 3. The maximum atomic E-state index is 12.2. The molecular formula is C64H64N6O9. The average molecular weight is 1060 g/mol. The summed E-state index contributed by atoms with van der Waals surface area (Å²) in [6.45, 7) is 8.00. The number of aliphatic imine (C=N–C) groups is 1. The number of primary amides is 1. The number of ketones is 3. The Balaban J connectivity index is 0.000000220. The second-order valence-electron chi connectivity index (χ2n) is 18.4. The molecule has 0 spiro atoms. The molecule has 8 aromatic carbocycles. The lowest BCUT2D eigenvalue weighted by Gasteiger charge is -2.06. The molecule has 15 heteroatoms. The highest BCUT2D eigenvalue weighted by atomic mass is 16.6. The van der Waals surface area contributed by atoms with Crippen LogP contribution in [0.15, 0.2) is 199 Å². The van der Waals surface area contributed by atoms with E-state index in [0.29, 0.717) is 43.4 Å². The molecule has 6 N–H and O–H groups in total. The maximum Gasteiger partial charge on any atom is 0.271 e. The fourth-order valence-corrected chi connectivity index (χ4v) is 7.78. The first-order valence-corrected chi connectivity index (χ1v) is 25.1. The zero-order valence-electron chi connectivity index (χ0n) is 44.7. The Morgan fingerprint density at radius 1 is 0.430 bits per heavy atom. The molecule has 15 nitrogen and oxygen atoms in total. The predicted molar refractivity (Wildman–Crippen MR) is 311 cm³/mol. The van der Waals surface area contributed by atoms with Crippen molar-refractivity contribution in [1.29, 1.82) is 0 Å². The molecule has 79 heavy (non-hydrogen) atoms. The largest absolute Gasteiger partial charge is 0.399 e. The van der Waals surface area contributed by atoms with Crippen LogP contribution in [0.3, 0.4) is 0 Å². The number of anilines is 2. The van der Waals surface area contributed by atoms with E-state index in [1.165, 1.54) is 48.0 Å². The Morgan fingerprint density at radius 2 is 0.797 bits per heavy atom. The van der Waals surface area contributed by atoms with Gasteiger partial charge in [-0.25, -0.2) is 4.79 Å². The molecule has 0 radical (unpaired) electrons. The van der Waals surface area contributed by atoms with Gasteiger partial charge in [-0.3, -0.25) is 39.4 Å². The van der Waals surface area contributed by atoms with Gasteiger partial charge in [0.1, 0.15) is 17.3 Å². The van der Waals surface area contributed by atoms with Crippen molar-refractivity contribution in [3.63, 3.8) is 0 Å². The Hall–Kier alpha value is -9.98. The monoisotopic (exact) mass is 1060 g/mol. The molecule has 0 unspecified atom stereocenters. The number of nitro benzene ring substituents is 2. The lowest BCUT2D eigenvalue weighted by Crippen LogP contribution is -2.14. The van der Waals surface area contributed by atoms with E-state index in [9.17, 15) is 44.2 Å². The van der Waals surface area contributed by atoms with E-state index in [4.69, 9.17) is 17.2 Å². The first-order valence-electron chi connectivity index (χ1n) is 25.1. The van der Waals surface area contributed by atoms with Crippen molar-refractivity contribution in [3.8, 4) is 0 Å². The number of aryl methyl sites for hydroxylation is 4. The molecule has 0 bridgehead atoms. The summed E-state index contributed by atoms with van der Waals surface area (Å²) in [6, 6.07) is 58.1. The van der Waals surface area contributed by atoms with Gasteiger partial charge >= 0.3 is 0 Å². The SMILES string of the molecule is Cc1ccccc1CC(=O)Cc1cccc(CC(N)=O)c1.Cc1ccccc1CC(=O)Cc1cccc(N)c1.Cc1ccccc1CC(=O)Cc1cccc([N+](=O)[O-])c1.Cc1ccccc1N.O=C=Nc1cccc([N+](=O)[O-])c1. The smallest absolute Gasteiger partial charge is 0.271 e. The first-order chi connectivity index (χ1) is 37.8. The van der Waals surface area contributed by atoms with Gasteiger partial charge in [-0.2, -0.15) is 4.99 Å². The van der Waals surface area contributed by atoms with E-state index < -0.39 is 9.85 Å². The topological polar surface area (TPSA) is 262 Å². The molecule has 0 aliphatic rings. The molecule has 0 saturated heterocycles. The second kappa shape index (κ2) is 32.5. The lowest BCUT2D eigenvalue weighted by molar-refractivity contribution is -0.385. The molecule has 8 rings (SSSR count). The Labute approximate surface area is 460 Å². The minimum atomic E-state index is -0.552. The minimum absolute atomic E-state index is 0.0196. The molecule has 404 valence electrons. The van der Waals surface area contributed by atoms with Crippen LogP contribution in [0, 0.1) is 47.9 Å². The van der Waals surface area contributed by atoms with E-state index in [1.54, 1.807) is 12.1 Å². The molecule has 0 aromatic heterocycles. The fourth-order valence-electron chi connectivity index (χ4n) is 7.78. The summed E-state index contributed by atoms with van der Waals surface area (Å²) in [4.78, 5) is 80.1. The van der Waals surface area contributed by atoms with Gasteiger partial charge in [0.15, 0.2) is 0 Å². The van der Waals surface area contributed by atoms with E-state index in [0.717, 1.165) is 55.8 Å². The molecule has 0 aliphatic heterocycles. The van der Waals surface area contributed by atoms with Crippen LogP contribution in [0.4, 0.5) is 28.4 Å². The second-order valence-corrected chi connectivity index (χ2v) is 18.4. The van der Waals surface area contributed by atoms with Crippen molar-refractivity contribution in [3.05, 3.63) is 276 Å². The van der Waals surface area contributed by atoms with E-state index in [2.05, 4.69) is 4.99 Å². The Morgan fingerprint density at radius 3 is 1.19 bits per heavy atom. The Bertz CT molecular complexity index is 3380. The molecule has 0 saturated carbocycles. The molecule has 0 aliphatic carbocycles. The minimum Gasteiger partial charge on any atom is -0.399 e. The fraction of sp³-hybridized carbons (Fsp3) is 0.172. The number of carbonyl (C=O) groups is 4. The first kappa shape index (κ1) is 61.6. The number of nitrogen functional groups attached to an aromatic ring is 2. The summed E-state index contributed by atoms with van der Waals surface area (Å²) in [5.74, 6) is 0.0774. The number of amides is 1. The van der Waals surface area contributed by atoms with Crippen LogP contribution >= 0.6 is 0 Å². The predicted octanol–water partition coefficient (Wildman–Crippen LogP) is 11.7. The number of hydrogen-bond donors (Lipinski definition) is 3. The van der Waals surface area contributed by atoms with Gasteiger partial charge in [0, 0.05) is 74.2 Å². The maximum absolute atomic E-state index is 12.2.